The third-order valence-electron chi connectivity index (χ3n) is 8.80. The molecule has 0 bridgehead atoms. The summed E-state index contributed by atoms with van der Waals surface area (Å²) >= 11 is 0. The van der Waals surface area contributed by atoms with Gasteiger partial charge in [0.25, 0.3) is 12.4 Å². The number of nitrogens with zero attached hydrogens (tertiary/aromatic N) is 2. The van der Waals surface area contributed by atoms with Crippen LogP contribution in [0, 0.1) is 5.41 Å². The van der Waals surface area contributed by atoms with Gasteiger partial charge in [-0.1, -0.05) is 56.3 Å². The second-order valence-electron chi connectivity index (χ2n) is 12.4. The summed E-state index contributed by atoms with van der Waals surface area (Å²) in [6.07, 6.45) is 6.21. The van der Waals surface area contributed by atoms with Gasteiger partial charge in [0.2, 0.25) is 0 Å². The van der Waals surface area contributed by atoms with E-state index >= 15 is 0 Å². The van der Waals surface area contributed by atoms with E-state index in [0.717, 1.165) is 73.2 Å². The molecule has 1 amide bonds. The highest BCUT2D eigenvalue weighted by Gasteiger charge is 2.27. The van der Waals surface area contributed by atoms with Crippen molar-refractivity contribution in [3.05, 3.63) is 77.4 Å². The highest BCUT2D eigenvalue weighted by Crippen LogP contribution is 2.32. The average molecular weight is 557 g/mol. The summed E-state index contributed by atoms with van der Waals surface area (Å²) in [5, 5.41) is 2.00. The minimum absolute atomic E-state index is 0.0900. The second kappa shape index (κ2) is 13.5. The maximum atomic E-state index is 13.6. The van der Waals surface area contributed by atoms with E-state index in [2.05, 4.69) is 43.0 Å². The number of ether oxygens (including phenoxy) is 2. The Labute approximate surface area is 244 Å². The molecule has 6 nitrogen and oxygen atoms in total. The summed E-state index contributed by atoms with van der Waals surface area (Å²) in [5.41, 5.74) is 3.58. The first-order valence-electron chi connectivity index (χ1n) is 15.2. The standard InChI is InChI=1S/C35H44N2O4/c1-35(2)18-5-19-36(25-35)20-6-23-41-30-12-9-27(10-13-30)28-15-21-37(22-16-28)34(39)33-14-11-29(17-24-40-26-38)31-7-3-4-8-32(31)33/h3-4,7-14,26,28H,5-6,15-25H2,1-2H3. The zero-order chi connectivity index (χ0) is 28.7. The Hall–Kier alpha value is -3.38. The molecule has 2 aliphatic heterocycles. The first kappa shape index (κ1) is 29.1. The van der Waals surface area contributed by atoms with Crippen LogP contribution in [0.5, 0.6) is 5.75 Å². The molecule has 218 valence electrons. The van der Waals surface area contributed by atoms with E-state index in [0.29, 0.717) is 30.8 Å². The van der Waals surface area contributed by atoms with E-state index in [1.165, 1.54) is 31.5 Å². The van der Waals surface area contributed by atoms with Crippen LogP contribution in [-0.4, -0.2) is 68.1 Å². The van der Waals surface area contributed by atoms with E-state index in [-0.39, 0.29) is 5.91 Å². The lowest BCUT2D eigenvalue weighted by Crippen LogP contribution is -2.40. The smallest absolute Gasteiger partial charge is 0.293 e. The maximum absolute atomic E-state index is 13.6. The van der Waals surface area contributed by atoms with E-state index in [1.54, 1.807) is 0 Å². The quantitative estimate of drug-likeness (QED) is 0.200. The topological polar surface area (TPSA) is 59.1 Å². The molecule has 2 fully saturated rings. The fraction of sp³-hybridized carbons (Fsp3) is 0.486. The lowest BCUT2D eigenvalue weighted by molar-refractivity contribution is -0.128. The molecule has 2 heterocycles. The number of piperidine rings is 2. The molecule has 2 saturated heterocycles. The van der Waals surface area contributed by atoms with Crippen LogP contribution >= 0.6 is 0 Å². The van der Waals surface area contributed by atoms with Gasteiger partial charge in [-0.3, -0.25) is 9.59 Å². The summed E-state index contributed by atoms with van der Waals surface area (Å²) in [6, 6.07) is 20.5. The van der Waals surface area contributed by atoms with Gasteiger partial charge in [-0.25, -0.2) is 0 Å². The molecule has 0 aliphatic carbocycles. The Balaban J connectivity index is 1.11. The van der Waals surface area contributed by atoms with Gasteiger partial charge in [0.1, 0.15) is 5.75 Å². The monoisotopic (exact) mass is 556 g/mol. The molecule has 3 aromatic rings. The molecule has 41 heavy (non-hydrogen) atoms. The van der Waals surface area contributed by atoms with Crippen LogP contribution in [0.1, 0.15) is 73.4 Å². The zero-order valence-electron chi connectivity index (χ0n) is 24.6. The second-order valence-corrected chi connectivity index (χ2v) is 12.4. The lowest BCUT2D eigenvalue weighted by atomic mass is 9.84. The van der Waals surface area contributed by atoms with Gasteiger partial charge in [0.15, 0.2) is 0 Å². The molecule has 0 saturated carbocycles. The molecule has 0 aromatic heterocycles. The first-order valence-corrected chi connectivity index (χ1v) is 15.2. The Morgan fingerprint density at radius 3 is 2.44 bits per heavy atom. The molecule has 0 atom stereocenters. The number of rotatable bonds is 11. The molecule has 6 heteroatoms. The largest absolute Gasteiger partial charge is 0.494 e. The Morgan fingerprint density at radius 1 is 0.951 bits per heavy atom. The number of carbonyl (C=O) groups is 2. The van der Waals surface area contributed by atoms with Crippen molar-refractivity contribution in [1.82, 2.24) is 9.80 Å². The van der Waals surface area contributed by atoms with Gasteiger partial charge >= 0.3 is 0 Å². The van der Waals surface area contributed by atoms with Gasteiger partial charge in [-0.15, -0.1) is 0 Å². The summed E-state index contributed by atoms with van der Waals surface area (Å²) in [7, 11) is 0. The highest BCUT2D eigenvalue weighted by atomic mass is 16.5. The average Bonchev–Trinajstić information content (AvgIpc) is 2.99. The van der Waals surface area contributed by atoms with E-state index < -0.39 is 0 Å². The molecule has 2 aliphatic rings. The predicted octanol–water partition coefficient (Wildman–Crippen LogP) is 6.47. The molecular weight excluding hydrogens is 512 g/mol. The number of hydrogen-bond acceptors (Lipinski definition) is 5. The number of carbonyl (C=O) groups excluding carboxylic acids is 2. The van der Waals surface area contributed by atoms with Crippen LogP contribution in [0.25, 0.3) is 10.8 Å². The number of amides is 1. The van der Waals surface area contributed by atoms with Gasteiger partial charge in [0, 0.05) is 38.2 Å². The van der Waals surface area contributed by atoms with Gasteiger partial charge in [-0.05, 0) is 90.1 Å². The SMILES string of the molecule is CC1(C)CCCN(CCCOc2ccc(C3CCN(C(=O)c4ccc(CCOC=O)c5ccccc45)CC3)cc2)C1. The summed E-state index contributed by atoms with van der Waals surface area (Å²) in [5.74, 6) is 1.48. The van der Waals surface area contributed by atoms with Crippen LogP contribution in [0.15, 0.2) is 60.7 Å². The summed E-state index contributed by atoms with van der Waals surface area (Å²) < 4.78 is 11.0. The number of fused-ring (bicyclic) bond motifs is 1. The lowest BCUT2D eigenvalue weighted by Gasteiger charge is -2.38. The van der Waals surface area contributed by atoms with Crippen LogP contribution < -0.4 is 4.74 Å². The van der Waals surface area contributed by atoms with Crippen LogP contribution in [0.4, 0.5) is 0 Å². The highest BCUT2D eigenvalue weighted by molar-refractivity contribution is 6.07. The Bertz CT molecular complexity index is 1310. The molecule has 0 N–H and O–H groups in total. The summed E-state index contributed by atoms with van der Waals surface area (Å²) in [4.78, 5) is 28.7. The number of hydrogen-bond donors (Lipinski definition) is 0. The molecule has 0 unspecified atom stereocenters. The fourth-order valence-electron chi connectivity index (χ4n) is 6.62. The Morgan fingerprint density at radius 2 is 1.71 bits per heavy atom. The molecule has 3 aromatic carbocycles. The van der Waals surface area contributed by atoms with Gasteiger partial charge in [-0.2, -0.15) is 0 Å². The van der Waals surface area contributed by atoms with Crippen LogP contribution in [0.3, 0.4) is 0 Å². The number of benzene rings is 3. The van der Waals surface area contributed by atoms with Crippen molar-refractivity contribution in [1.29, 1.82) is 0 Å². The minimum Gasteiger partial charge on any atom is -0.494 e. The summed E-state index contributed by atoms with van der Waals surface area (Å²) in [6.45, 7) is 11.3. The van der Waals surface area contributed by atoms with Crippen molar-refractivity contribution < 1.29 is 19.1 Å². The molecular formula is C35H44N2O4. The normalized spacial score (nSPS) is 17.9. The van der Waals surface area contributed by atoms with E-state index in [4.69, 9.17) is 9.47 Å². The molecule has 0 radical (unpaired) electrons. The van der Waals surface area contributed by atoms with Crippen molar-refractivity contribution in [3.63, 3.8) is 0 Å². The van der Waals surface area contributed by atoms with Gasteiger partial charge in [0.05, 0.1) is 13.2 Å². The van der Waals surface area contributed by atoms with Crippen LogP contribution in [-0.2, 0) is 16.0 Å². The number of likely N-dealkylation sites (tertiary alicyclic amines) is 2. The van der Waals surface area contributed by atoms with Crippen molar-refractivity contribution in [2.45, 2.75) is 58.3 Å². The third kappa shape index (κ3) is 7.48. The van der Waals surface area contributed by atoms with Crippen molar-refractivity contribution in [2.75, 3.05) is 45.9 Å². The Kier molecular flexibility index (Phi) is 9.60. The van der Waals surface area contributed by atoms with Crippen molar-refractivity contribution in [2.24, 2.45) is 5.41 Å². The fourth-order valence-corrected chi connectivity index (χ4v) is 6.62. The molecule has 5 rings (SSSR count). The predicted molar refractivity (Wildman–Crippen MR) is 164 cm³/mol. The first-order chi connectivity index (χ1) is 19.9. The zero-order valence-corrected chi connectivity index (χ0v) is 24.6. The maximum Gasteiger partial charge on any atom is 0.293 e. The van der Waals surface area contributed by atoms with Crippen molar-refractivity contribution >= 4 is 23.2 Å². The van der Waals surface area contributed by atoms with Crippen LogP contribution in [0.2, 0.25) is 0 Å². The minimum atomic E-state index is 0.0900. The third-order valence-corrected chi connectivity index (χ3v) is 8.80. The van der Waals surface area contributed by atoms with E-state index in [9.17, 15) is 9.59 Å². The van der Waals surface area contributed by atoms with Crippen molar-refractivity contribution in [3.8, 4) is 5.75 Å². The van der Waals surface area contributed by atoms with E-state index in [1.807, 2.05) is 41.3 Å². The molecule has 0 spiro atoms. The van der Waals surface area contributed by atoms with Gasteiger partial charge < -0.3 is 19.3 Å².